The van der Waals surface area contributed by atoms with Crippen molar-refractivity contribution >= 4 is 23.1 Å². The van der Waals surface area contributed by atoms with Crippen LogP contribution in [0.2, 0.25) is 0 Å². The molecule has 0 amide bonds. The molecular weight excluding hydrogens is 431 g/mol. The number of aryl methyl sites for hydroxylation is 1. The van der Waals surface area contributed by atoms with E-state index in [-0.39, 0.29) is 6.10 Å². The molecule has 0 saturated carbocycles. The van der Waals surface area contributed by atoms with Gasteiger partial charge in [-0.05, 0) is 37.0 Å². The summed E-state index contributed by atoms with van der Waals surface area (Å²) in [5, 5.41) is 11.5. The van der Waals surface area contributed by atoms with E-state index in [2.05, 4.69) is 33.1 Å². The Kier molecular flexibility index (Phi) is 6.50. The summed E-state index contributed by atoms with van der Waals surface area (Å²) in [4.78, 5) is 1.27. The monoisotopic (exact) mass is 453 g/mol. The van der Waals surface area contributed by atoms with Gasteiger partial charge in [-0.3, -0.25) is 4.57 Å². The van der Waals surface area contributed by atoms with Crippen LogP contribution in [0, 0.1) is 0 Å². The number of rotatable bonds is 7. The van der Waals surface area contributed by atoms with E-state index in [1.165, 1.54) is 28.8 Å². The minimum atomic E-state index is -4.34. The van der Waals surface area contributed by atoms with Crippen molar-refractivity contribution in [1.29, 1.82) is 0 Å². The highest BCUT2D eigenvalue weighted by molar-refractivity contribution is 7.98. The molecule has 0 spiro atoms. The first kappa shape index (κ1) is 21.4. The predicted molar refractivity (Wildman–Crippen MR) is 113 cm³/mol. The number of thioether (sulfide) groups is 1. The summed E-state index contributed by atoms with van der Waals surface area (Å²) in [7, 11) is 0. The number of thiophene rings is 1. The molecule has 0 bridgehead atoms. The van der Waals surface area contributed by atoms with Crippen molar-refractivity contribution < 1.29 is 17.9 Å². The number of alkyl halides is 3. The van der Waals surface area contributed by atoms with Gasteiger partial charge in [-0.2, -0.15) is 13.2 Å². The number of benzene rings is 1. The fourth-order valence-electron chi connectivity index (χ4n) is 3.43. The average Bonchev–Trinajstić information content (AvgIpc) is 3.47. The maximum absolute atomic E-state index is 13.0. The highest BCUT2D eigenvalue weighted by Crippen LogP contribution is 2.33. The fourth-order valence-corrected chi connectivity index (χ4v) is 5.14. The van der Waals surface area contributed by atoms with Gasteiger partial charge in [0.05, 0.1) is 18.2 Å². The maximum atomic E-state index is 13.0. The number of aromatic nitrogens is 3. The van der Waals surface area contributed by atoms with E-state index in [4.69, 9.17) is 4.74 Å². The molecule has 1 saturated heterocycles. The molecule has 1 aromatic carbocycles. The second kappa shape index (κ2) is 9.11. The van der Waals surface area contributed by atoms with E-state index in [0.717, 1.165) is 43.3 Å². The lowest BCUT2D eigenvalue weighted by Gasteiger charge is -2.14. The molecule has 1 unspecified atom stereocenters. The van der Waals surface area contributed by atoms with Crippen LogP contribution in [0.15, 0.2) is 40.9 Å². The van der Waals surface area contributed by atoms with Crippen LogP contribution in [-0.4, -0.2) is 27.5 Å². The minimum absolute atomic E-state index is 0.108. The Morgan fingerprint density at radius 2 is 2.13 bits per heavy atom. The zero-order valence-electron chi connectivity index (χ0n) is 16.5. The number of ether oxygens (including phenoxy) is 1. The van der Waals surface area contributed by atoms with Gasteiger partial charge in [-0.1, -0.05) is 36.9 Å². The Balaban J connectivity index is 1.58. The fraction of sp³-hybridized carbons (Fsp3) is 0.429. The van der Waals surface area contributed by atoms with Crippen LogP contribution in [0.25, 0.3) is 11.4 Å². The predicted octanol–water partition coefficient (Wildman–Crippen LogP) is 6.06. The van der Waals surface area contributed by atoms with Crippen LogP contribution < -0.4 is 0 Å². The minimum Gasteiger partial charge on any atom is -0.376 e. The third-order valence-corrected chi connectivity index (χ3v) is 7.13. The zero-order chi connectivity index (χ0) is 21.1. The lowest BCUT2D eigenvalue weighted by Crippen LogP contribution is -2.16. The average molecular weight is 454 g/mol. The van der Waals surface area contributed by atoms with Gasteiger partial charge >= 0.3 is 6.18 Å². The molecule has 2 aromatic heterocycles. The molecular formula is C21H22F3N3OS2. The van der Waals surface area contributed by atoms with Crippen molar-refractivity contribution in [3.63, 3.8) is 0 Å². The summed E-state index contributed by atoms with van der Waals surface area (Å²) in [6.07, 6.45) is -1.26. The van der Waals surface area contributed by atoms with Gasteiger partial charge < -0.3 is 4.74 Å². The third-order valence-electron chi connectivity index (χ3n) is 5.01. The van der Waals surface area contributed by atoms with Crippen molar-refractivity contribution in [2.75, 3.05) is 6.61 Å². The highest BCUT2D eigenvalue weighted by atomic mass is 32.2. The van der Waals surface area contributed by atoms with Gasteiger partial charge in [0, 0.05) is 28.2 Å². The van der Waals surface area contributed by atoms with Crippen molar-refractivity contribution in [3.05, 3.63) is 51.7 Å². The topological polar surface area (TPSA) is 39.9 Å². The van der Waals surface area contributed by atoms with Crippen LogP contribution in [0.3, 0.4) is 0 Å². The number of nitrogens with zero attached hydrogens (tertiary/aromatic N) is 3. The molecule has 1 aliphatic heterocycles. The molecule has 1 aliphatic rings. The molecule has 3 heterocycles. The Labute approximate surface area is 181 Å². The van der Waals surface area contributed by atoms with Crippen LogP contribution in [0.4, 0.5) is 13.2 Å². The summed E-state index contributed by atoms with van der Waals surface area (Å²) < 4.78 is 46.9. The first-order valence-electron chi connectivity index (χ1n) is 9.85. The largest absolute Gasteiger partial charge is 0.416 e. The van der Waals surface area contributed by atoms with Gasteiger partial charge in [-0.25, -0.2) is 0 Å². The van der Waals surface area contributed by atoms with Crippen LogP contribution >= 0.6 is 23.1 Å². The first-order chi connectivity index (χ1) is 14.4. The molecule has 0 radical (unpaired) electrons. The number of hydrogen-bond donors (Lipinski definition) is 0. The Bertz CT molecular complexity index is 994. The molecule has 4 rings (SSSR count). The van der Waals surface area contributed by atoms with Gasteiger partial charge in [0.1, 0.15) is 0 Å². The Hall–Kier alpha value is -1.84. The van der Waals surface area contributed by atoms with Crippen LogP contribution in [0.5, 0.6) is 0 Å². The summed E-state index contributed by atoms with van der Waals surface area (Å²) in [5.41, 5.74) is 0.993. The molecule has 0 N–H and O–H groups in total. The van der Waals surface area contributed by atoms with Gasteiger partial charge in [0.2, 0.25) is 0 Å². The standard InChI is InChI=1S/C21H22F3N3OS2/c1-2-18-10-15(13-29-18)19-25-26-20(27(19)11-17-7-4-8-28-17)30-12-14-5-3-6-16(9-14)21(22,23)24/h3,5-6,9-10,13,17H,2,4,7-8,11-12H2,1H3. The van der Waals surface area contributed by atoms with Gasteiger partial charge in [0.15, 0.2) is 11.0 Å². The maximum Gasteiger partial charge on any atom is 0.416 e. The third kappa shape index (κ3) is 4.90. The van der Waals surface area contributed by atoms with E-state index in [1.54, 1.807) is 17.4 Å². The number of halogens is 3. The molecule has 1 atom stereocenters. The zero-order valence-corrected chi connectivity index (χ0v) is 18.1. The smallest absolute Gasteiger partial charge is 0.376 e. The Morgan fingerprint density at radius 1 is 1.27 bits per heavy atom. The molecule has 160 valence electrons. The lowest BCUT2D eigenvalue weighted by molar-refractivity contribution is -0.137. The molecule has 30 heavy (non-hydrogen) atoms. The van der Waals surface area contributed by atoms with Crippen LogP contribution in [0.1, 0.15) is 35.8 Å². The quantitative estimate of drug-likeness (QED) is 0.408. The number of hydrogen-bond acceptors (Lipinski definition) is 5. The van der Waals surface area contributed by atoms with Crippen molar-refractivity contribution in [2.24, 2.45) is 0 Å². The lowest BCUT2D eigenvalue weighted by atomic mass is 10.1. The van der Waals surface area contributed by atoms with Crippen molar-refractivity contribution in [3.8, 4) is 11.4 Å². The van der Waals surface area contributed by atoms with Crippen LogP contribution in [-0.2, 0) is 29.6 Å². The Morgan fingerprint density at radius 3 is 2.83 bits per heavy atom. The summed E-state index contributed by atoms with van der Waals surface area (Å²) in [6, 6.07) is 7.56. The van der Waals surface area contributed by atoms with E-state index in [1.807, 2.05) is 0 Å². The van der Waals surface area contributed by atoms with E-state index < -0.39 is 11.7 Å². The SMILES string of the molecule is CCc1cc(-c2nnc(SCc3cccc(C(F)(F)F)c3)n2CC2CCCO2)cs1. The van der Waals surface area contributed by atoms with E-state index >= 15 is 0 Å². The first-order valence-corrected chi connectivity index (χ1v) is 11.7. The van der Waals surface area contributed by atoms with Gasteiger partial charge in [0.25, 0.3) is 0 Å². The molecule has 4 nitrogen and oxygen atoms in total. The van der Waals surface area contributed by atoms with E-state index in [0.29, 0.717) is 23.0 Å². The van der Waals surface area contributed by atoms with Crippen molar-refractivity contribution in [1.82, 2.24) is 14.8 Å². The van der Waals surface area contributed by atoms with E-state index in [9.17, 15) is 13.2 Å². The second-order valence-corrected chi connectivity index (χ2v) is 9.13. The normalized spacial score (nSPS) is 17.0. The molecule has 1 fully saturated rings. The summed E-state index contributed by atoms with van der Waals surface area (Å²) in [5.74, 6) is 1.17. The van der Waals surface area contributed by atoms with Crippen molar-refractivity contribution in [2.45, 2.75) is 55.9 Å². The van der Waals surface area contributed by atoms with Gasteiger partial charge in [-0.15, -0.1) is 21.5 Å². The summed E-state index contributed by atoms with van der Waals surface area (Å²) >= 11 is 3.09. The second-order valence-electron chi connectivity index (χ2n) is 7.19. The highest BCUT2D eigenvalue weighted by Gasteiger charge is 2.30. The molecule has 3 aromatic rings. The molecule has 0 aliphatic carbocycles. The molecule has 9 heteroatoms. The summed E-state index contributed by atoms with van der Waals surface area (Å²) in [6.45, 7) is 3.51.